The van der Waals surface area contributed by atoms with Gasteiger partial charge in [-0.15, -0.1) is 0 Å². The SMILES string of the molecule is C[C@H]([C@H](C(=O)Nc1cc(C[C@H](C)C(=O)O)ccc1Cl)C1C=C(F)C(Cl)=CC1)C(F)(F)F. The fourth-order valence-corrected chi connectivity index (χ4v) is 3.69. The van der Waals surface area contributed by atoms with E-state index in [9.17, 15) is 27.2 Å². The number of alkyl halides is 3. The van der Waals surface area contributed by atoms with Gasteiger partial charge in [-0.1, -0.05) is 49.2 Å². The average molecular weight is 482 g/mol. The summed E-state index contributed by atoms with van der Waals surface area (Å²) in [5.41, 5.74) is 0.586. The Morgan fingerprint density at radius 1 is 1.26 bits per heavy atom. The average Bonchev–Trinajstić information content (AvgIpc) is 2.66. The van der Waals surface area contributed by atoms with Gasteiger partial charge in [0.25, 0.3) is 0 Å². The van der Waals surface area contributed by atoms with Crippen molar-refractivity contribution in [2.75, 3.05) is 5.32 Å². The van der Waals surface area contributed by atoms with E-state index in [1.165, 1.54) is 25.1 Å². The summed E-state index contributed by atoms with van der Waals surface area (Å²) in [7, 11) is 0. The number of carboxylic acid groups (broad SMARTS) is 1. The Morgan fingerprint density at radius 3 is 2.45 bits per heavy atom. The van der Waals surface area contributed by atoms with Gasteiger partial charge >= 0.3 is 12.1 Å². The number of carbonyl (C=O) groups excluding carboxylic acids is 1. The lowest BCUT2D eigenvalue weighted by Crippen LogP contribution is -2.40. The van der Waals surface area contributed by atoms with Crippen molar-refractivity contribution in [2.24, 2.45) is 23.7 Å². The van der Waals surface area contributed by atoms with Crippen LogP contribution >= 0.6 is 23.2 Å². The fourth-order valence-electron chi connectivity index (χ4n) is 3.37. The normalized spacial score (nSPS) is 19.7. The van der Waals surface area contributed by atoms with Crippen molar-refractivity contribution in [1.82, 2.24) is 0 Å². The summed E-state index contributed by atoms with van der Waals surface area (Å²) in [5, 5.41) is 11.3. The first kappa shape index (κ1) is 25.2. The fraction of sp³-hybridized carbons (Fsp3) is 0.429. The molecule has 1 aromatic rings. The minimum atomic E-state index is -4.69. The third-order valence-corrected chi connectivity index (χ3v) is 5.89. The minimum Gasteiger partial charge on any atom is -0.481 e. The number of amides is 1. The summed E-state index contributed by atoms with van der Waals surface area (Å²) in [6, 6.07) is 4.41. The Balaban J connectivity index is 2.33. The van der Waals surface area contributed by atoms with E-state index in [4.69, 9.17) is 28.3 Å². The number of benzene rings is 1. The number of hydrogen-bond acceptors (Lipinski definition) is 2. The van der Waals surface area contributed by atoms with Crippen LogP contribution in [0.2, 0.25) is 5.02 Å². The summed E-state index contributed by atoms with van der Waals surface area (Å²) in [4.78, 5) is 24.0. The molecule has 1 amide bonds. The van der Waals surface area contributed by atoms with E-state index in [2.05, 4.69) is 5.32 Å². The second kappa shape index (κ2) is 10.0. The highest BCUT2D eigenvalue weighted by Gasteiger charge is 2.47. The Bertz CT molecular complexity index is 914. The summed E-state index contributed by atoms with van der Waals surface area (Å²) in [5.74, 6) is -8.35. The number of allylic oxidation sites excluding steroid dienone is 4. The molecule has 1 aromatic carbocycles. The van der Waals surface area contributed by atoms with Gasteiger partial charge < -0.3 is 10.4 Å². The summed E-state index contributed by atoms with van der Waals surface area (Å²) >= 11 is 11.7. The largest absolute Gasteiger partial charge is 0.481 e. The summed E-state index contributed by atoms with van der Waals surface area (Å²) in [6.07, 6.45) is -2.42. The Kier molecular flexibility index (Phi) is 8.16. The molecule has 10 heteroatoms. The number of hydrogen-bond donors (Lipinski definition) is 2. The van der Waals surface area contributed by atoms with Crippen LogP contribution in [-0.4, -0.2) is 23.2 Å². The summed E-state index contributed by atoms with van der Waals surface area (Å²) in [6.45, 7) is 2.36. The van der Waals surface area contributed by atoms with E-state index >= 15 is 0 Å². The molecule has 0 aliphatic heterocycles. The smallest absolute Gasteiger partial charge is 0.392 e. The Hall–Kier alpha value is -2.06. The van der Waals surface area contributed by atoms with Crippen molar-refractivity contribution in [3.63, 3.8) is 0 Å². The highest BCUT2D eigenvalue weighted by Crippen LogP contribution is 2.41. The molecule has 0 fully saturated rings. The van der Waals surface area contributed by atoms with Crippen LogP contribution in [0.25, 0.3) is 0 Å². The molecular formula is C21H21Cl2F4NO3. The van der Waals surface area contributed by atoms with Gasteiger partial charge in [0, 0.05) is 0 Å². The third kappa shape index (κ3) is 6.46. The molecule has 0 spiro atoms. The number of carbonyl (C=O) groups is 2. The number of anilines is 1. The third-order valence-electron chi connectivity index (χ3n) is 5.23. The maximum atomic E-state index is 13.9. The van der Waals surface area contributed by atoms with Gasteiger partial charge in [0.2, 0.25) is 5.91 Å². The highest BCUT2D eigenvalue weighted by atomic mass is 35.5. The van der Waals surface area contributed by atoms with E-state index in [-0.39, 0.29) is 28.6 Å². The molecule has 0 saturated heterocycles. The quantitative estimate of drug-likeness (QED) is 0.445. The van der Waals surface area contributed by atoms with Crippen molar-refractivity contribution in [1.29, 1.82) is 0 Å². The van der Waals surface area contributed by atoms with Crippen LogP contribution in [0.15, 0.2) is 41.2 Å². The van der Waals surface area contributed by atoms with Gasteiger partial charge in [-0.3, -0.25) is 9.59 Å². The zero-order chi connectivity index (χ0) is 23.5. The number of rotatable bonds is 7. The van der Waals surface area contributed by atoms with Gasteiger partial charge in [0.1, 0.15) is 5.83 Å². The van der Waals surface area contributed by atoms with Crippen LogP contribution < -0.4 is 5.32 Å². The maximum absolute atomic E-state index is 13.9. The van der Waals surface area contributed by atoms with Crippen molar-refractivity contribution in [3.05, 3.63) is 51.8 Å². The van der Waals surface area contributed by atoms with E-state index in [1.54, 1.807) is 6.07 Å². The van der Waals surface area contributed by atoms with Crippen LogP contribution in [0.3, 0.4) is 0 Å². The van der Waals surface area contributed by atoms with Crippen LogP contribution in [0.5, 0.6) is 0 Å². The molecular weight excluding hydrogens is 461 g/mol. The highest BCUT2D eigenvalue weighted by molar-refractivity contribution is 6.33. The van der Waals surface area contributed by atoms with Gasteiger partial charge in [-0.2, -0.15) is 13.2 Å². The molecule has 4 nitrogen and oxygen atoms in total. The van der Waals surface area contributed by atoms with Crippen molar-refractivity contribution < 1.29 is 32.3 Å². The lowest BCUT2D eigenvalue weighted by molar-refractivity contribution is -0.188. The zero-order valence-corrected chi connectivity index (χ0v) is 18.2. The van der Waals surface area contributed by atoms with Gasteiger partial charge in [0.05, 0.1) is 33.5 Å². The van der Waals surface area contributed by atoms with Crippen LogP contribution in [0.1, 0.15) is 25.8 Å². The van der Waals surface area contributed by atoms with Crippen LogP contribution in [-0.2, 0) is 16.0 Å². The molecule has 1 aliphatic carbocycles. The molecule has 4 atom stereocenters. The van der Waals surface area contributed by atoms with E-state index in [1.807, 2.05) is 0 Å². The monoisotopic (exact) mass is 481 g/mol. The number of halogens is 6. The Morgan fingerprint density at radius 2 is 1.90 bits per heavy atom. The Labute approximate surface area is 186 Å². The number of aliphatic carboxylic acids is 1. The lowest BCUT2D eigenvalue weighted by atomic mass is 9.78. The van der Waals surface area contributed by atoms with Gasteiger partial charge in [0.15, 0.2) is 0 Å². The molecule has 0 heterocycles. The van der Waals surface area contributed by atoms with Gasteiger partial charge in [-0.05, 0) is 42.5 Å². The number of nitrogens with one attached hydrogen (secondary N) is 1. The molecule has 0 saturated carbocycles. The molecule has 2 rings (SSSR count). The predicted molar refractivity (Wildman–Crippen MR) is 111 cm³/mol. The summed E-state index contributed by atoms with van der Waals surface area (Å²) < 4.78 is 54.3. The van der Waals surface area contributed by atoms with Gasteiger partial charge in [-0.25, -0.2) is 4.39 Å². The van der Waals surface area contributed by atoms with Crippen LogP contribution in [0, 0.1) is 23.7 Å². The lowest BCUT2D eigenvalue weighted by Gasteiger charge is -2.31. The standard InChI is InChI=1S/C21H21Cl2F4NO3/c1-10(20(30)31)7-12-3-5-15(23)17(8-12)28-19(29)18(11(2)21(25,26)27)13-4-6-14(22)16(24)9-13/h3,5-6,8-11,13,18H,4,7H2,1-2H3,(H,28,29)(H,30,31)/t10-,11+,13?,18-/m0/s1. The molecule has 31 heavy (non-hydrogen) atoms. The van der Waals surface area contributed by atoms with Crippen molar-refractivity contribution in [3.8, 4) is 0 Å². The van der Waals surface area contributed by atoms with E-state index in [0.717, 1.165) is 13.0 Å². The predicted octanol–water partition coefficient (Wildman–Crippen LogP) is 6.35. The molecule has 0 radical (unpaired) electrons. The second-order valence-corrected chi connectivity index (χ2v) is 8.38. The minimum absolute atomic E-state index is 0.0331. The number of carboxylic acids is 1. The first-order valence-electron chi connectivity index (χ1n) is 9.43. The molecule has 2 N–H and O–H groups in total. The molecule has 1 unspecified atom stereocenters. The molecule has 0 bridgehead atoms. The zero-order valence-electron chi connectivity index (χ0n) is 16.6. The van der Waals surface area contributed by atoms with E-state index in [0.29, 0.717) is 5.56 Å². The second-order valence-electron chi connectivity index (χ2n) is 7.57. The maximum Gasteiger partial charge on any atom is 0.392 e. The molecule has 0 aromatic heterocycles. The van der Waals surface area contributed by atoms with Crippen molar-refractivity contribution >= 4 is 40.8 Å². The van der Waals surface area contributed by atoms with E-state index < -0.39 is 47.6 Å². The van der Waals surface area contributed by atoms with Crippen molar-refractivity contribution in [2.45, 2.75) is 32.9 Å². The molecule has 1 aliphatic rings. The van der Waals surface area contributed by atoms with Crippen LogP contribution in [0.4, 0.5) is 23.2 Å². The first-order valence-corrected chi connectivity index (χ1v) is 10.2. The topological polar surface area (TPSA) is 66.4 Å². The molecule has 170 valence electrons. The first-order chi connectivity index (χ1) is 14.3.